The average molecular weight is 457 g/mol. The van der Waals surface area contributed by atoms with E-state index in [0.29, 0.717) is 45.0 Å². The van der Waals surface area contributed by atoms with Crippen LogP contribution in [-0.4, -0.2) is 92.2 Å². The van der Waals surface area contributed by atoms with E-state index in [1.807, 2.05) is 24.5 Å². The van der Waals surface area contributed by atoms with Crippen LogP contribution >= 0.6 is 11.8 Å². The standard InChI is InChI=1S/C22H28N6O3S/c1-31-22(30)20(6-7-32-2)27-21(29)17-5-3-4-16(8-17)11-28(12-18-9-23-14-25-18)13-19-10-24-15-26-19/h3-5,8-10,20H,6-7,11-15H2,1-2H3,(H,27,29)/t20-/m0/s1. The summed E-state index contributed by atoms with van der Waals surface area (Å²) < 4.78 is 4.84. The fourth-order valence-electron chi connectivity index (χ4n) is 3.38. The molecule has 1 aromatic rings. The van der Waals surface area contributed by atoms with Crippen LogP contribution in [0.15, 0.2) is 44.2 Å². The molecule has 0 bridgehead atoms. The molecule has 0 fully saturated rings. The number of carbonyl (C=O) groups excluding carboxylic acids is 2. The maximum absolute atomic E-state index is 12.8. The number of benzene rings is 1. The molecule has 1 atom stereocenters. The predicted molar refractivity (Wildman–Crippen MR) is 130 cm³/mol. The minimum Gasteiger partial charge on any atom is -0.467 e. The molecule has 0 aromatic heterocycles. The Morgan fingerprint density at radius 1 is 1.12 bits per heavy atom. The largest absolute Gasteiger partial charge is 0.467 e. The van der Waals surface area contributed by atoms with Gasteiger partial charge in [-0.3, -0.25) is 29.7 Å². The molecule has 0 aliphatic carbocycles. The molecule has 2 aliphatic heterocycles. The van der Waals surface area contributed by atoms with Gasteiger partial charge in [0.2, 0.25) is 0 Å². The molecule has 2 heterocycles. The first-order valence-corrected chi connectivity index (χ1v) is 11.7. The van der Waals surface area contributed by atoms with E-state index in [9.17, 15) is 9.59 Å². The number of esters is 1. The number of hydrogen-bond donors (Lipinski definition) is 1. The summed E-state index contributed by atoms with van der Waals surface area (Å²) in [5.74, 6) is 0.0114. The van der Waals surface area contributed by atoms with Gasteiger partial charge in [-0.2, -0.15) is 11.8 Å². The van der Waals surface area contributed by atoms with Crippen molar-refractivity contribution in [2.75, 3.05) is 45.5 Å². The summed E-state index contributed by atoms with van der Waals surface area (Å²) in [4.78, 5) is 44.1. The highest BCUT2D eigenvalue weighted by Gasteiger charge is 2.22. The molecule has 0 saturated heterocycles. The van der Waals surface area contributed by atoms with Crippen LogP contribution in [-0.2, 0) is 16.1 Å². The lowest BCUT2D eigenvalue weighted by Crippen LogP contribution is -2.42. The molecule has 9 nitrogen and oxygen atoms in total. The number of amides is 1. The van der Waals surface area contributed by atoms with E-state index in [0.717, 1.165) is 22.7 Å². The lowest BCUT2D eigenvalue weighted by molar-refractivity contribution is -0.142. The second-order valence-electron chi connectivity index (χ2n) is 7.38. The lowest BCUT2D eigenvalue weighted by atomic mass is 10.1. The van der Waals surface area contributed by atoms with Crippen LogP contribution in [0.2, 0.25) is 0 Å². The van der Waals surface area contributed by atoms with Gasteiger partial charge < -0.3 is 10.1 Å². The molecular formula is C22H28N6O3S. The van der Waals surface area contributed by atoms with Crippen LogP contribution in [0.5, 0.6) is 0 Å². The van der Waals surface area contributed by atoms with Crippen LogP contribution < -0.4 is 5.32 Å². The van der Waals surface area contributed by atoms with Gasteiger partial charge in [0, 0.05) is 37.6 Å². The van der Waals surface area contributed by atoms with E-state index in [4.69, 9.17) is 4.74 Å². The third-order valence-corrected chi connectivity index (χ3v) is 5.60. The summed E-state index contributed by atoms with van der Waals surface area (Å²) in [7, 11) is 1.33. The first-order chi connectivity index (χ1) is 15.6. The average Bonchev–Trinajstić information content (AvgIpc) is 3.50. The van der Waals surface area contributed by atoms with E-state index in [1.165, 1.54) is 7.11 Å². The lowest BCUT2D eigenvalue weighted by Gasteiger charge is -2.22. The van der Waals surface area contributed by atoms with Crippen molar-refractivity contribution in [3.63, 3.8) is 0 Å². The van der Waals surface area contributed by atoms with Gasteiger partial charge in [0.1, 0.15) is 19.4 Å². The first-order valence-electron chi connectivity index (χ1n) is 10.3. The number of ether oxygens (including phenoxy) is 1. The number of hydrogen-bond acceptors (Lipinski definition) is 9. The number of methoxy groups -OCH3 is 1. The van der Waals surface area contributed by atoms with Crippen molar-refractivity contribution in [1.82, 2.24) is 10.2 Å². The molecule has 0 spiro atoms. The first kappa shape index (κ1) is 23.8. The highest BCUT2D eigenvalue weighted by Crippen LogP contribution is 2.11. The summed E-state index contributed by atoms with van der Waals surface area (Å²) in [5, 5.41) is 2.80. The van der Waals surface area contributed by atoms with Crippen molar-refractivity contribution >= 4 is 47.5 Å². The van der Waals surface area contributed by atoms with Crippen molar-refractivity contribution in [2.24, 2.45) is 20.0 Å². The molecule has 10 heteroatoms. The van der Waals surface area contributed by atoms with E-state index in [1.54, 1.807) is 30.3 Å². The van der Waals surface area contributed by atoms with Crippen LogP contribution in [0.4, 0.5) is 0 Å². The topological polar surface area (TPSA) is 108 Å². The third kappa shape index (κ3) is 7.10. The molecule has 2 aliphatic rings. The van der Waals surface area contributed by atoms with Crippen molar-refractivity contribution in [1.29, 1.82) is 0 Å². The van der Waals surface area contributed by atoms with Gasteiger partial charge in [0.15, 0.2) is 0 Å². The molecule has 3 rings (SSSR count). The second-order valence-corrected chi connectivity index (χ2v) is 8.37. The van der Waals surface area contributed by atoms with Crippen molar-refractivity contribution in [3.8, 4) is 0 Å². The van der Waals surface area contributed by atoms with Gasteiger partial charge in [-0.1, -0.05) is 12.1 Å². The van der Waals surface area contributed by atoms with Crippen LogP contribution in [0.3, 0.4) is 0 Å². The van der Waals surface area contributed by atoms with Gasteiger partial charge in [-0.05, 0) is 36.1 Å². The fourth-order valence-corrected chi connectivity index (χ4v) is 3.85. The summed E-state index contributed by atoms with van der Waals surface area (Å²) in [6.45, 7) is 2.81. The Balaban J connectivity index is 1.69. The van der Waals surface area contributed by atoms with Gasteiger partial charge in [-0.25, -0.2) is 4.79 Å². The molecule has 0 radical (unpaired) electrons. The predicted octanol–water partition coefficient (Wildman–Crippen LogP) is 1.48. The number of thioether (sulfide) groups is 1. The number of nitrogens with one attached hydrogen (secondary N) is 1. The Morgan fingerprint density at radius 3 is 2.38 bits per heavy atom. The van der Waals surface area contributed by atoms with E-state index >= 15 is 0 Å². The van der Waals surface area contributed by atoms with E-state index in [-0.39, 0.29) is 5.91 Å². The van der Waals surface area contributed by atoms with Gasteiger partial charge in [0.25, 0.3) is 5.91 Å². The molecule has 1 N–H and O–H groups in total. The number of rotatable bonds is 12. The maximum atomic E-state index is 12.8. The summed E-state index contributed by atoms with van der Waals surface area (Å²) in [6.07, 6.45) is 6.06. The number of aliphatic imine (C=N–C) groups is 4. The minimum atomic E-state index is -0.667. The summed E-state index contributed by atoms with van der Waals surface area (Å²) >= 11 is 1.61. The van der Waals surface area contributed by atoms with Crippen LogP contribution in [0, 0.1) is 0 Å². The molecule has 0 saturated carbocycles. The number of carbonyl (C=O) groups is 2. The molecular weight excluding hydrogens is 428 g/mol. The monoisotopic (exact) mass is 456 g/mol. The zero-order valence-corrected chi connectivity index (χ0v) is 19.2. The van der Waals surface area contributed by atoms with E-state index < -0.39 is 12.0 Å². The zero-order valence-electron chi connectivity index (χ0n) is 18.4. The van der Waals surface area contributed by atoms with Crippen molar-refractivity contribution < 1.29 is 14.3 Å². The normalized spacial score (nSPS) is 15.6. The Labute approximate surface area is 192 Å². The van der Waals surface area contributed by atoms with Gasteiger partial charge in [-0.15, -0.1) is 0 Å². The second kappa shape index (κ2) is 12.3. The molecule has 1 aromatic carbocycles. The third-order valence-electron chi connectivity index (χ3n) is 4.96. The molecule has 170 valence electrons. The maximum Gasteiger partial charge on any atom is 0.328 e. The smallest absolute Gasteiger partial charge is 0.328 e. The van der Waals surface area contributed by atoms with Gasteiger partial charge >= 0.3 is 5.97 Å². The Bertz CT molecular complexity index is 911. The SMILES string of the molecule is COC(=O)[C@H](CCSC)NC(=O)c1cccc(CN(CC2=NCN=C2)CC2=NCN=C2)c1. The molecule has 32 heavy (non-hydrogen) atoms. The highest BCUT2D eigenvalue weighted by molar-refractivity contribution is 7.98. The van der Waals surface area contributed by atoms with Crippen LogP contribution in [0.25, 0.3) is 0 Å². The Morgan fingerprint density at radius 2 is 1.81 bits per heavy atom. The van der Waals surface area contributed by atoms with Crippen molar-refractivity contribution in [3.05, 3.63) is 35.4 Å². The minimum absolute atomic E-state index is 0.297. The van der Waals surface area contributed by atoms with Crippen LogP contribution in [0.1, 0.15) is 22.3 Å². The summed E-state index contributed by atoms with van der Waals surface area (Å²) in [6, 6.07) is 6.75. The highest BCUT2D eigenvalue weighted by atomic mass is 32.2. The molecule has 1 amide bonds. The van der Waals surface area contributed by atoms with Gasteiger partial charge in [0.05, 0.1) is 18.5 Å². The number of nitrogens with zero attached hydrogens (tertiary/aromatic N) is 5. The Hall–Kier alpha value is -2.85. The zero-order chi connectivity index (χ0) is 22.8. The molecule has 0 unspecified atom stereocenters. The Kier molecular flexibility index (Phi) is 9.12. The van der Waals surface area contributed by atoms with Crippen molar-refractivity contribution in [2.45, 2.75) is 19.0 Å². The summed E-state index contributed by atoms with van der Waals surface area (Å²) in [5.41, 5.74) is 3.32. The quantitative estimate of drug-likeness (QED) is 0.479. The fraction of sp³-hybridized carbons (Fsp3) is 0.455. The van der Waals surface area contributed by atoms with E-state index in [2.05, 4.69) is 30.2 Å².